The lowest BCUT2D eigenvalue weighted by molar-refractivity contribution is 0.0955. The summed E-state index contributed by atoms with van der Waals surface area (Å²) in [5.41, 5.74) is 0.483. The van der Waals surface area contributed by atoms with Gasteiger partial charge in [-0.1, -0.05) is 6.07 Å². The maximum absolute atomic E-state index is 11.2. The largest absolute Gasteiger partial charge is 0.508 e. The number of phenolic OH excluding ortho intramolecular Hbond substituents is 1. The van der Waals surface area contributed by atoms with Gasteiger partial charge < -0.3 is 10.4 Å². The van der Waals surface area contributed by atoms with E-state index >= 15 is 0 Å². The number of rotatable bonds is 2. The van der Waals surface area contributed by atoms with Gasteiger partial charge in [0, 0.05) is 12.1 Å². The van der Waals surface area contributed by atoms with Crippen LogP contribution in [0.3, 0.4) is 0 Å². The van der Waals surface area contributed by atoms with E-state index in [0.29, 0.717) is 12.1 Å². The second-order valence-electron chi connectivity index (χ2n) is 2.41. The van der Waals surface area contributed by atoms with Gasteiger partial charge in [-0.15, -0.1) is 0 Å². The number of hydrogen-bond donors (Lipinski definition) is 2. The lowest BCUT2D eigenvalue weighted by Gasteiger charge is -2.01. The summed E-state index contributed by atoms with van der Waals surface area (Å²) in [5, 5.41) is 11.7. The molecule has 0 radical (unpaired) electrons. The zero-order chi connectivity index (χ0) is 8.97. The zero-order valence-corrected chi connectivity index (χ0v) is 6.87. The number of nitrogens with one attached hydrogen (secondary N) is 1. The van der Waals surface area contributed by atoms with Gasteiger partial charge in [0.25, 0.3) is 5.91 Å². The normalized spacial score (nSPS) is 9.42. The van der Waals surface area contributed by atoms with Crippen LogP contribution in [0.1, 0.15) is 17.3 Å². The molecule has 3 nitrogen and oxygen atoms in total. The number of aromatic hydroxyl groups is 1. The second-order valence-corrected chi connectivity index (χ2v) is 2.41. The van der Waals surface area contributed by atoms with Gasteiger partial charge in [-0.25, -0.2) is 0 Å². The van der Waals surface area contributed by atoms with Gasteiger partial charge in [0.1, 0.15) is 5.75 Å². The number of carbonyl (C=O) groups excluding carboxylic acids is 1. The van der Waals surface area contributed by atoms with Crippen LogP contribution in [0.4, 0.5) is 0 Å². The van der Waals surface area contributed by atoms with Crippen LogP contribution in [-0.2, 0) is 0 Å². The minimum atomic E-state index is -0.159. The van der Waals surface area contributed by atoms with Crippen LogP contribution in [-0.4, -0.2) is 17.6 Å². The highest BCUT2D eigenvalue weighted by Gasteiger charge is 2.02. The standard InChI is InChI=1S/C9H11NO2/c1-2-10-9(12)7-4-3-5-8(11)6-7/h3-6,11H,2H2,1H3,(H,10,12). The third-order valence-electron chi connectivity index (χ3n) is 1.45. The summed E-state index contributed by atoms with van der Waals surface area (Å²) in [4.78, 5) is 11.2. The van der Waals surface area contributed by atoms with E-state index in [1.165, 1.54) is 12.1 Å². The molecule has 0 spiro atoms. The van der Waals surface area contributed by atoms with Gasteiger partial charge in [0.15, 0.2) is 0 Å². The van der Waals surface area contributed by atoms with Crippen molar-refractivity contribution >= 4 is 5.91 Å². The average molecular weight is 165 g/mol. The molecule has 2 N–H and O–H groups in total. The Morgan fingerprint density at radius 2 is 2.33 bits per heavy atom. The molecule has 0 aliphatic heterocycles. The molecule has 12 heavy (non-hydrogen) atoms. The monoisotopic (exact) mass is 165 g/mol. The first-order chi connectivity index (χ1) is 5.74. The second kappa shape index (κ2) is 3.76. The van der Waals surface area contributed by atoms with E-state index in [1.54, 1.807) is 12.1 Å². The smallest absolute Gasteiger partial charge is 0.251 e. The number of phenols is 1. The molecule has 0 saturated heterocycles. The van der Waals surface area contributed by atoms with Gasteiger partial charge in [-0.05, 0) is 25.1 Å². The quantitative estimate of drug-likeness (QED) is 0.690. The Morgan fingerprint density at radius 1 is 1.58 bits per heavy atom. The molecular formula is C9H11NO2. The molecule has 0 heterocycles. The fraction of sp³-hybridized carbons (Fsp3) is 0.222. The highest BCUT2D eigenvalue weighted by atomic mass is 16.3. The number of amides is 1. The molecule has 1 aromatic rings. The SMILES string of the molecule is CCNC(=O)c1cccc(O)c1. The fourth-order valence-corrected chi connectivity index (χ4v) is 0.910. The first kappa shape index (κ1) is 8.59. The van der Waals surface area contributed by atoms with E-state index in [1.807, 2.05) is 6.92 Å². The van der Waals surface area contributed by atoms with Crippen LogP contribution in [0.25, 0.3) is 0 Å². The van der Waals surface area contributed by atoms with Crippen molar-refractivity contribution < 1.29 is 9.90 Å². The van der Waals surface area contributed by atoms with Crippen molar-refractivity contribution in [2.75, 3.05) is 6.54 Å². The van der Waals surface area contributed by atoms with E-state index < -0.39 is 0 Å². The molecule has 0 aromatic heterocycles. The highest BCUT2D eigenvalue weighted by Crippen LogP contribution is 2.10. The minimum Gasteiger partial charge on any atom is -0.508 e. The molecule has 0 fully saturated rings. The summed E-state index contributed by atoms with van der Waals surface area (Å²) < 4.78 is 0. The summed E-state index contributed by atoms with van der Waals surface area (Å²) >= 11 is 0. The van der Waals surface area contributed by atoms with Crippen LogP contribution >= 0.6 is 0 Å². The van der Waals surface area contributed by atoms with Gasteiger partial charge in [0.05, 0.1) is 0 Å². The van der Waals surface area contributed by atoms with Crippen molar-refractivity contribution in [3.63, 3.8) is 0 Å². The lowest BCUT2D eigenvalue weighted by atomic mass is 10.2. The van der Waals surface area contributed by atoms with Crippen LogP contribution in [0, 0.1) is 0 Å². The third kappa shape index (κ3) is 1.99. The van der Waals surface area contributed by atoms with Gasteiger partial charge in [-0.2, -0.15) is 0 Å². The van der Waals surface area contributed by atoms with Crippen molar-refractivity contribution in [1.29, 1.82) is 0 Å². The van der Waals surface area contributed by atoms with Crippen molar-refractivity contribution in [2.24, 2.45) is 0 Å². The van der Waals surface area contributed by atoms with Crippen LogP contribution < -0.4 is 5.32 Å². The molecule has 64 valence electrons. The Hall–Kier alpha value is -1.51. The van der Waals surface area contributed by atoms with E-state index in [-0.39, 0.29) is 11.7 Å². The van der Waals surface area contributed by atoms with E-state index in [4.69, 9.17) is 5.11 Å². The molecule has 0 unspecified atom stereocenters. The van der Waals surface area contributed by atoms with Gasteiger partial charge in [0.2, 0.25) is 0 Å². The molecule has 0 saturated carbocycles. The Bertz CT molecular complexity index is 284. The maximum Gasteiger partial charge on any atom is 0.251 e. The molecule has 1 rings (SSSR count). The van der Waals surface area contributed by atoms with Crippen molar-refractivity contribution in [2.45, 2.75) is 6.92 Å². The van der Waals surface area contributed by atoms with Gasteiger partial charge >= 0.3 is 0 Å². The summed E-state index contributed by atoms with van der Waals surface area (Å²) in [6.07, 6.45) is 0. The minimum absolute atomic E-state index is 0.110. The van der Waals surface area contributed by atoms with Crippen LogP contribution in [0.5, 0.6) is 5.75 Å². The average Bonchev–Trinajstić information content (AvgIpc) is 2.05. The summed E-state index contributed by atoms with van der Waals surface area (Å²) in [5.74, 6) is -0.0489. The molecule has 0 aliphatic carbocycles. The molecule has 0 bridgehead atoms. The lowest BCUT2D eigenvalue weighted by Crippen LogP contribution is -2.22. The number of benzene rings is 1. The Morgan fingerprint density at radius 3 is 2.92 bits per heavy atom. The van der Waals surface area contributed by atoms with Gasteiger partial charge in [-0.3, -0.25) is 4.79 Å². The highest BCUT2D eigenvalue weighted by molar-refractivity contribution is 5.94. The molecule has 0 atom stereocenters. The molecule has 3 heteroatoms. The summed E-state index contributed by atoms with van der Waals surface area (Å²) in [6.45, 7) is 2.44. The maximum atomic E-state index is 11.2. The third-order valence-corrected chi connectivity index (χ3v) is 1.45. The van der Waals surface area contributed by atoms with E-state index in [2.05, 4.69) is 5.32 Å². The predicted molar refractivity (Wildman–Crippen MR) is 46.1 cm³/mol. The Balaban J connectivity index is 2.81. The first-order valence-electron chi connectivity index (χ1n) is 3.81. The number of hydrogen-bond acceptors (Lipinski definition) is 2. The summed E-state index contributed by atoms with van der Waals surface area (Å²) in [6, 6.07) is 6.26. The Labute approximate surface area is 71.0 Å². The molecule has 1 aromatic carbocycles. The van der Waals surface area contributed by atoms with Crippen LogP contribution in [0.2, 0.25) is 0 Å². The molecule has 0 aliphatic rings. The summed E-state index contributed by atoms with van der Waals surface area (Å²) in [7, 11) is 0. The molecular weight excluding hydrogens is 154 g/mol. The first-order valence-corrected chi connectivity index (χ1v) is 3.81. The number of carbonyl (C=O) groups is 1. The predicted octanol–water partition coefficient (Wildman–Crippen LogP) is 1.14. The van der Waals surface area contributed by atoms with Crippen LogP contribution in [0.15, 0.2) is 24.3 Å². The van der Waals surface area contributed by atoms with Crippen molar-refractivity contribution in [3.8, 4) is 5.75 Å². The fourth-order valence-electron chi connectivity index (χ4n) is 0.910. The van der Waals surface area contributed by atoms with E-state index in [9.17, 15) is 4.79 Å². The Kier molecular flexibility index (Phi) is 2.69. The topological polar surface area (TPSA) is 49.3 Å². The van der Waals surface area contributed by atoms with E-state index in [0.717, 1.165) is 0 Å². The zero-order valence-electron chi connectivity index (χ0n) is 6.87. The molecule has 1 amide bonds. The van der Waals surface area contributed by atoms with Crippen molar-refractivity contribution in [3.05, 3.63) is 29.8 Å². The van der Waals surface area contributed by atoms with Crippen molar-refractivity contribution in [1.82, 2.24) is 5.32 Å².